The van der Waals surface area contributed by atoms with Crippen LogP contribution in [0, 0.1) is 0 Å². The van der Waals surface area contributed by atoms with Gasteiger partial charge in [0.25, 0.3) is 0 Å². The predicted octanol–water partition coefficient (Wildman–Crippen LogP) is 1.46. The molecule has 1 aromatic heterocycles. The molecule has 1 atom stereocenters. The molecule has 1 aliphatic heterocycles. The summed E-state index contributed by atoms with van der Waals surface area (Å²) in [4.78, 5) is 28.6. The first-order valence-corrected chi connectivity index (χ1v) is 7.65. The van der Waals surface area contributed by atoms with Gasteiger partial charge in [0.1, 0.15) is 10.6 Å². The van der Waals surface area contributed by atoms with Crippen molar-refractivity contribution in [1.29, 1.82) is 0 Å². The zero-order valence-corrected chi connectivity index (χ0v) is 13.6. The Labute approximate surface area is 128 Å². The summed E-state index contributed by atoms with van der Waals surface area (Å²) in [5, 5.41) is 0.741. The summed E-state index contributed by atoms with van der Waals surface area (Å²) in [6.45, 7) is 6.14. The molecular formula is C14H21N3O3S. The van der Waals surface area contributed by atoms with Gasteiger partial charge >= 0.3 is 5.97 Å². The molecule has 0 saturated carbocycles. The van der Waals surface area contributed by atoms with Crippen molar-refractivity contribution < 1.29 is 14.3 Å². The molecule has 0 aliphatic carbocycles. The van der Waals surface area contributed by atoms with Crippen LogP contribution in [0.25, 0.3) is 0 Å². The van der Waals surface area contributed by atoms with Gasteiger partial charge in [-0.15, -0.1) is 11.3 Å². The number of carbonyl (C=O) groups is 2. The second-order valence-electron chi connectivity index (χ2n) is 5.38. The Hall–Kier alpha value is -1.60. The average Bonchev–Trinajstić information content (AvgIpc) is 2.75. The van der Waals surface area contributed by atoms with E-state index in [0.29, 0.717) is 10.4 Å². The number of thiophene rings is 1. The van der Waals surface area contributed by atoms with Gasteiger partial charge in [0.05, 0.1) is 17.7 Å². The van der Waals surface area contributed by atoms with Gasteiger partial charge < -0.3 is 20.3 Å². The van der Waals surface area contributed by atoms with Crippen LogP contribution in [-0.2, 0) is 4.74 Å². The smallest absolute Gasteiger partial charge is 0.343 e. The largest absolute Gasteiger partial charge is 0.465 e. The number of methoxy groups -OCH3 is 1. The van der Waals surface area contributed by atoms with E-state index < -0.39 is 5.97 Å². The molecule has 21 heavy (non-hydrogen) atoms. The van der Waals surface area contributed by atoms with Crippen molar-refractivity contribution in [1.82, 2.24) is 4.90 Å². The molecule has 1 aliphatic rings. The first-order chi connectivity index (χ1) is 9.86. The number of ketones is 1. The fraction of sp³-hybridized carbons (Fsp3) is 0.571. The van der Waals surface area contributed by atoms with E-state index >= 15 is 0 Å². The molecular weight excluding hydrogens is 290 g/mol. The second kappa shape index (κ2) is 6.03. The van der Waals surface area contributed by atoms with E-state index in [1.54, 1.807) is 0 Å². The lowest BCUT2D eigenvalue weighted by Gasteiger charge is -2.39. The molecule has 0 amide bonds. The summed E-state index contributed by atoms with van der Waals surface area (Å²) in [5.41, 5.74) is 6.57. The molecule has 0 spiro atoms. The number of nitrogen functional groups attached to an aromatic ring is 1. The molecule has 0 bridgehead atoms. The van der Waals surface area contributed by atoms with Gasteiger partial charge in [-0.3, -0.25) is 4.79 Å². The number of piperazine rings is 1. The highest BCUT2D eigenvalue weighted by Crippen LogP contribution is 2.40. The van der Waals surface area contributed by atoms with Crippen LogP contribution >= 0.6 is 11.3 Å². The fourth-order valence-corrected chi connectivity index (χ4v) is 3.87. The van der Waals surface area contributed by atoms with Gasteiger partial charge in [0, 0.05) is 32.6 Å². The van der Waals surface area contributed by atoms with Crippen molar-refractivity contribution in [2.75, 3.05) is 44.4 Å². The number of esters is 1. The first kappa shape index (κ1) is 15.8. The zero-order chi connectivity index (χ0) is 15.7. The number of nitrogens with two attached hydrogens (primary N) is 1. The van der Waals surface area contributed by atoms with Crippen LogP contribution in [0.15, 0.2) is 0 Å². The highest BCUT2D eigenvalue weighted by atomic mass is 32.1. The maximum absolute atomic E-state index is 12.1. The Kier molecular flexibility index (Phi) is 4.53. The van der Waals surface area contributed by atoms with Crippen molar-refractivity contribution in [2.45, 2.75) is 19.9 Å². The fourth-order valence-electron chi connectivity index (χ4n) is 2.64. The minimum absolute atomic E-state index is 0.129. The molecule has 1 unspecified atom stereocenters. The molecule has 0 radical (unpaired) electrons. The molecule has 1 fully saturated rings. The number of carbonyl (C=O) groups excluding carboxylic acids is 2. The number of Topliss-reactive ketones (excluding diaryl/α,β-unsaturated/α-hetero) is 1. The maximum Gasteiger partial charge on any atom is 0.343 e. The third-order valence-corrected chi connectivity index (χ3v) is 5.07. The molecule has 0 aromatic carbocycles. The number of ether oxygens (including phenoxy) is 1. The Morgan fingerprint density at radius 2 is 2.05 bits per heavy atom. The van der Waals surface area contributed by atoms with Crippen LogP contribution < -0.4 is 10.6 Å². The van der Waals surface area contributed by atoms with Crippen LogP contribution in [-0.4, -0.2) is 56.5 Å². The lowest BCUT2D eigenvalue weighted by Crippen LogP contribution is -2.50. The lowest BCUT2D eigenvalue weighted by atomic mass is 10.1. The summed E-state index contributed by atoms with van der Waals surface area (Å²) in [6.07, 6.45) is 0. The highest BCUT2D eigenvalue weighted by Gasteiger charge is 2.31. The Morgan fingerprint density at radius 3 is 2.57 bits per heavy atom. The number of hydrogen-bond acceptors (Lipinski definition) is 7. The Balaban J connectivity index is 2.49. The third kappa shape index (κ3) is 2.89. The first-order valence-electron chi connectivity index (χ1n) is 6.83. The molecule has 116 valence electrons. The van der Waals surface area contributed by atoms with E-state index in [1.807, 2.05) is 0 Å². The number of rotatable bonds is 3. The summed E-state index contributed by atoms with van der Waals surface area (Å²) in [6, 6.07) is 0.241. The van der Waals surface area contributed by atoms with Crippen LogP contribution in [0.1, 0.15) is 33.9 Å². The van der Waals surface area contributed by atoms with Crippen LogP contribution in [0.4, 0.5) is 10.7 Å². The van der Waals surface area contributed by atoms with Gasteiger partial charge in [-0.05, 0) is 14.0 Å². The topological polar surface area (TPSA) is 75.9 Å². The number of anilines is 2. The summed E-state index contributed by atoms with van der Waals surface area (Å²) in [5.74, 6) is -0.618. The van der Waals surface area contributed by atoms with Gasteiger partial charge in [-0.25, -0.2) is 4.79 Å². The van der Waals surface area contributed by atoms with E-state index in [2.05, 4.69) is 23.8 Å². The highest BCUT2D eigenvalue weighted by molar-refractivity contribution is 7.19. The quantitative estimate of drug-likeness (QED) is 0.673. The molecule has 1 aromatic rings. The normalized spacial score (nSPS) is 19.6. The van der Waals surface area contributed by atoms with E-state index in [4.69, 9.17) is 10.5 Å². The molecule has 6 nitrogen and oxygen atoms in total. The second-order valence-corrected chi connectivity index (χ2v) is 6.38. The van der Waals surface area contributed by atoms with Crippen molar-refractivity contribution in [2.24, 2.45) is 0 Å². The van der Waals surface area contributed by atoms with Crippen molar-refractivity contribution in [3.8, 4) is 0 Å². The SMILES string of the molecule is COC(=O)c1c(N2CCN(C)CC2C)sc(C(C)=O)c1N. The van der Waals surface area contributed by atoms with Crippen molar-refractivity contribution in [3.63, 3.8) is 0 Å². The Bertz CT molecular complexity index is 570. The average molecular weight is 311 g/mol. The Morgan fingerprint density at radius 1 is 1.38 bits per heavy atom. The van der Waals surface area contributed by atoms with E-state index in [1.165, 1.54) is 25.4 Å². The van der Waals surface area contributed by atoms with E-state index in [9.17, 15) is 9.59 Å². The van der Waals surface area contributed by atoms with Gasteiger partial charge in [-0.1, -0.05) is 0 Å². The summed E-state index contributed by atoms with van der Waals surface area (Å²) < 4.78 is 4.84. The number of likely N-dealkylation sites (N-methyl/N-ethyl adjacent to an activating group) is 1. The summed E-state index contributed by atoms with van der Waals surface area (Å²) in [7, 11) is 3.39. The molecule has 7 heteroatoms. The number of hydrogen-bond donors (Lipinski definition) is 1. The minimum atomic E-state index is -0.489. The van der Waals surface area contributed by atoms with Gasteiger partial charge in [-0.2, -0.15) is 0 Å². The third-order valence-electron chi connectivity index (χ3n) is 3.73. The molecule has 2 N–H and O–H groups in total. The van der Waals surface area contributed by atoms with E-state index in [-0.39, 0.29) is 17.5 Å². The predicted molar refractivity (Wildman–Crippen MR) is 84.4 cm³/mol. The van der Waals surface area contributed by atoms with Crippen molar-refractivity contribution >= 4 is 33.8 Å². The monoisotopic (exact) mass is 311 g/mol. The number of nitrogens with zero attached hydrogens (tertiary/aromatic N) is 2. The van der Waals surface area contributed by atoms with Crippen LogP contribution in [0.3, 0.4) is 0 Å². The standard InChI is InChI=1S/C14H21N3O3S/c1-8-7-16(3)5-6-17(8)13-10(14(19)20-4)11(15)12(21-13)9(2)18/h8H,5-7,15H2,1-4H3. The molecule has 2 heterocycles. The van der Waals surface area contributed by atoms with E-state index in [0.717, 1.165) is 24.6 Å². The zero-order valence-electron chi connectivity index (χ0n) is 12.8. The molecule has 2 rings (SSSR count). The van der Waals surface area contributed by atoms with Crippen LogP contribution in [0.2, 0.25) is 0 Å². The van der Waals surface area contributed by atoms with Crippen molar-refractivity contribution in [3.05, 3.63) is 10.4 Å². The van der Waals surface area contributed by atoms with Gasteiger partial charge in [0.2, 0.25) is 0 Å². The minimum Gasteiger partial charge on any atom is -0.465 e. The van der Waals surface area contributed by atoms with Gasteiger partial charge in [0.15, 0.2) is 5.78 Å². The summed E-state index contributed by atoms with van der Waals surface area (Å²) >= 11 is 1.28. The lowest BCUT2D eigenvalue weighted by molar-refractivity contribution is 0.0603. The van der Waals surface area contributed by atoms with Crippen LogP contribution in [0.5, 0.6) is 0 Å². The maximum atomic E-state index is 12.1. The molecule has 1 saturated heterocycles.